The zero-order chi connectivity index (χ0) is 23.4. The van der Waals surface area contributed by atoms with E-state index < -0.39 is 0 Å². The molecule has 0 radical (unpaired) electrons. The SMILES string of the molecule is COC(=O)C1CN(C)[C@H]2c3ccccc3-c3c(nn(-c4ccccc4)c3-c3ccc(C)cc3)[C@H]12. The molecule has 1 aliphatic carbocycles. The summed E-state index contributed by atoms with van der Waals surface area (Å²) >= 11 is 0. The lowest BCUT2D eigenvalue weighted by atomic mass is 9.74. The van der Waals surface area contributed by atoms with Crippen molar-refractivity contribution < 1.29 is 9.53 Å². The number of fused-ring (bicyclic) bond motifs is 6. The van der Waals surface area contributed by atoms with Crippen LogP contribution in [-0.4, -0.2) is 41.4 Å². The molecule has 1 fully saturated rings. The second-order valence-electron chi connectivity index (χ2n) is 9.35. The lowest BCUT2D eigenvalue weighted by Gasteiger charge is -2.32. The van der Waals surface area contributed by atoms with E-state index in [1.54, 1.807) is 0 Å². The third kappa shape index (κ3) is 3.04. The van der Waals surface area contributed by atoms with Gasteiger partial charge >= 0.3 is 5.97 Å². The first-order valence-electron chi connectivity index (χ1n) is 11.7. The molecule has 1 aliphatic heterocycles. The van der Waals surface area contributed by atoms with Crippen molar-refractivity contribution >= 4 is 5.97 Å². The summed E-state index contributed by atoms with van der Waals surface area (Å²) in [7, 11) is 3.57. The van der Waals surface area contributed by atoms with Crippen molar-refractivity contribution in [2.24, 2.45) is 5.92 Å². The molecular weight excluding hydrogens is 422 g/mol. The van der Waals surface area contributed by atoms with E-state index in [1.807, 2.05) is 18.2 Å². The Kier molecular flexibility index (Phi) is 4.89. The van der Waals surface area contributed by atoms with Crippen molar-refractivity contribution in [2.45, 2.75) is 18.9 Å². The molecule has 0 spiro atoms. The van der Waals surface area contributed by atoms with Crippen LogP contribution in [0.3, 0.4) is 0 Å². The zero-order valence-corrected chi connectivity index (χ0v) is 19.6. The van der Waals surface area contributed by atoms with Crippen LogP contribution in [0, 0.1) is 12.8 Å². The molecule has 34 heavy (non-hydrogen) atoms. The van der Waals surface area contributed by atoms with Crippen molar-refractivity contribution in [1.29, 1.82) is 0 Å². The molecule has 6 rings (SSSR count). The molecule has 1 saturated heterocycles. The fourth-order valence-electron chi connectivity index (χ4n) is 5.83. The molecule has 2 aliphatic rings. The number of benzene rings is 3. The normalized spacial score (nSPS) is 21.0. The number of hydrogen-bond donors (Lipinski definition) is 0. The van der Waals surface area contributed by atoms with E-state index >= 15 is 0 Å². The molecule has 0 saturated carbocycles. The van der Waals surface area contributed by atoms with Gasteiger partial charge in [0.1, 0.15) is 0 Å². The number of hydrogen-bond acceptors (Lipinski definition) is 4. The van der Waals surface area contributed by atoms with Gasteiger partial charge in [-0.3, -0.25) is 9.69 Å². The Morgan fingerprint density at radius 1 is 0.971 bits per heavy atom. The predicted octanol–water partition coefficient (Wildman–Crippen LogP) is 5.39. The van der Waals surface area contributed by atoms with E-state index in [-0.39, 0.29) is 23.8 Å². The predicted molar refractivity (Wildman–Crippen MR) is 133 cm³/mol. The molecule has 1 aromatic heterocycles. The van der Waals surface area contributed by atoms with Crippen LogP contribution in [0.5, 0.6) is 0 Å². The molecule has 4 aromatic rings. The summed E-state index contributed by atoms with van der Waals surface area (Å²) in [4.78, 5) is 15.2. The first kappa shape index (κ1) is 20.9. The second-order valence-corrected chi connectivity index (χ2v) is 9.35. The second kappa shape index (κ2) is 7.96. The molecule has 0 bridgehead atoms. The highest BCUT2D eigenvalue weighted by Gasteiger charge is 2.51. The average molecular weight is 450 g/mol. The van der Waals surface area contributed by atoms with Gasteiger partial charge in [-0.1, -0.05) is 72.3 Å². The molecule has 3 aromatic carbocycles. The van der Waals surface area contributed by atoms with Crippen molar-refractivity contribution in [3.63, 3.8) is 0 Å². The Morgan fingerprint density at radius 3 is 2.41 bits per heavy atom. The van der Waals surface area contributed by atoms with E-state index in [0.717, 1.165) is 28.2 Å². The number of likely N-dealkylation sites (N-methyl/N-ethyl adjacent to an activating group) is 1. The quantitative estimate of drug-likeness (QED) is 0.394. The minimum Gasteiger partial charge on any atom is -0.469 e. The minimum absolute atomic E-state index is 0.0727. The summed E-state index contributed by atoms with van der Waals surface area (Å²) in [5.74, 6) is -0.510. The lowest BCUT2D eigenvalue weighted by molar-refractivity contribution is -0.145. The van der Waals surface area contributed by atoms with Gasteiger partial charge in [0.05, 0.1) is 30.1 Å². The third-order valence-electron chi connectivity index (χ3n) is 7.34. The maximum absolute atomic E-state index is 12.9. The number of aryl methyl sites for hydroxylation is 1. The smallest absolute Gasteiger partial charge is 0.310 e. The lowest BCUT2D eigenvalue weighted by Crippen LogP contribution is -2.26. The monoisotopic (exact) mass is 449 g/mol. The summed E-state index contributed by atoms with van der Waals surface area (Å²) in [6.07, 6.45) is 0. The van der Waals surface area contributed by atoms with Crippen LogP contribution < -0.4 is 0 Å². The first-order valence-corrected chi connectivity index (χ1v) is 11.7. The molecule has 0 amide bonds. The van der Waals surface area contributed by atoms with Crippen molar-refractivity contribution in [1.82, 2.24) is 14.7 Å². The number of likely N-dealkylation sites (tertiary alicyclic amines) is 1. The van der Waals surface area contributed by atoms with Gasteiger partial charge in [-0.05, 0) is 37.2 Å². The first-order chi connectivity index (χ1) is 16.6. The van der Waals surface area contributed by atoms with Crippen LogP contribution >= 0.6 is 0 Å². The number of carbonyl (C=O) groups excluding carboxylic acids is 1. The number of esters is 1. The summed E-state index contributed by atoms with van der Waals surface area (Å²) in [6, 6.07) is 27.5. The zero-order valence-electron chi connectivity index (χ0n) is 19.6. The van der Waals surface area contributed by atoms with Gasteiger partial charge in [-0.25, -0.2) is 4.68 Å². The molecule has 0 N–H and O–H groups in total. The topological polar surface area (TPSA) is 47.4 Å². The Bertz CT molecular complexity index is 1370. The van der Waals surface area contributed by atoms with Crippen LogP contribution in [0.25, 0.3) is 28.1 Å². The van der Waals surface area contributed by atoms with E-state index in [9.17, 15) is 4.79 Å². The Labute approximate surface area is 199 Å². The van der Waals surface area contributed by atoms with Gasteiger partial charge in [0.15, 0.2) is 0 Å². The molecule has 5 nitrogen and oxygen atoms in total. The van der Waals surface area contributed by atoms with Crippen molar-refractivity contribution in [3.05, 3.63) is 95.7 Å². The van der Waals surface area contributed by atoms with Gasteiger partial charge < -0.3 is 4.74 Å². The molecular formula is C29H27N3O2. The van der Waals surface area contributed by atoms with Crippen LogP contribution in [-0.2, 0) is 9.53 Å². The maximum Gasteiger partial charge on any atom is 0.310 e. The Hall–Kier alpha value is -3.70. The van der Waals surface area contributed by atoms with Crippen molar-refractivity contribution in [3.8, 4) is 28.1 Å². The fraction of sp³-hybridized carbons (Fsp3) is 0.241. The Morgan fingerprint density at radius 2 is 1.68 bits per heavy atom. The molecule has 3 atom stereocenters. The number of carbonyl (C=O) groups is 1. The summed E-state index contributed by atoms with van der Waals surface area (Å²) in [5, 5.41) is 5.24. The highest BCUT2D eigenvalue weighted by atomic mass is 16.5. The number of rotatable bonds is 3. The number of ether oxygens (including phenoxy) is 1. The fourth-order valence-corrected chi connectivity index (χ4v) is 5.83. The highest BCUT2D eigenvalue weighted by Crippen LogP contribution is 2.56. The minimum atomic E-state index is -0.267. The summed E-state index contributed by atoms with van der Waals surface area (Å²) in [5.41, 5.74) is 8.91. The van der Waals surface area contributed by atoms with Gasteiger partial charge in [-0.15, -0.1) is 0 Å². The number of methoxy groups -OCH3 is 1. The van der Waals surface area contributed by atoms with E-state index in [2.05, 4.69) is 84.2 Å². The van der Waals surface area contributed by atoms with E-state index in [1.165, 1.54) is 23.8 Å². The number of para-hydroxylation sites is 1. The van der Waals surface area contributed by atoms with Gasteiger partial charge in [0.2, 0.25) is 0 Å². The largest absolute Gasteiger partial charge is 0.469 e. The summed E-state index contributed by atoms with van der Waals surface area (Å²) < 4.78 is 7.31. The molecule has 170 valence electrons. The Balaban J connectivity index is 1.69. The molecule has 2 heterocycles. The maximum atomic E-state index is 12.9. The van der Waals surface area contributed by atoms with E-state index in [4.69, 9.17) is 9.84 Å². The summed E-state index contributed by atoms with van der Waals surface area (Å²) in [6.45, 7) is 2.75. The number of aromatic nitrogens is 2. The van der Waals surface area contributed by atoms with Crippen molar-refractivity contribution in [2.75, 3.05) is 20.7 Å². The van der Waals surface area contributed by atoms with Gasteiger partial charge in [0, 0.05) is 29.6 Å². The van der Waals surface area contributed by atoms with Crippen LogP contribution in [0.2, 0.25) is 0 Å². The standard InChI is InChI=1S/C29H27N3O2/c1-18-13-15-19(16-14-18)27-24-21-11-7-8-12-22(21)28-25(23(17-31(28)2)29(33)34-3)26(24)30-32(27)20-9-5-4-6-10-20/h4-16,23,25,28H,17H2,1-3H3/t23?,25-,28-/m0/s1. The molecule has 1 unspecified atom stereocenters. The van der Waals surface area contributed by atoms with Crippen LogP contribution in [0.4, 0.5) is 0 Å². The van der Waals surface area contributed by atoms with Crippen LogP contribution in [0.1, 0.15) is 28.8 Å². The molecule has 5 heteroatoms. The third-order valence-corrected chi connectivity index (χ3v) is 7.34. The van der Waals surface area contributed by atoms with Gasteiger partial charge in [-0.2, -0.15) is 5.10 Å². The number of nitrogens with zero attached hydrogens (tertiary/aromatic N) is 3. The average Bonchev–Trinajstić information content (AvgIpc) is 3.44. The van der Waals surface area contributed by atoms with E-state index in [0.29, 0.717) is 6.54 Å². The van der Waals surface area contributed by atoms with Gasteiger partial charge in [0.25, 0.3) is 0 Å². The highest BCUT2D eigenvalue weighted by molar-refractivity contribution is 5.89. The van der Waals surface area contributed by atoms with Crippen LogP contribution in [0.15, 0.2) is 78.9 Å².